The number of nitrogens with one attached hydrogen (secondary N) is 3. The fourth-order valence-corrected chi connectivity index (χ4v) is 3.69. The minimum absolute atomic E-state index is 0.0210. The molecule has 2 bridgehead atoms. The van der Waals surface area contributed by atoms with Crippen molar-refractivity contribution in [2.75, 3.05) is 5.43 Å². The van der Waals surface area contributed by atoms with Crippen molar-refractivity contribution in [2.45, 2.75) is 31.7 Å². The maximum Gasteiger partial charge on any atom is 0.294 e. The summed E-state index contributed by atoms with van der Waals surface area (Å²) >= 11 is 5.26. The Morgan fingerprint density at radius 2 is 2.10 bits per heavy atom. The van der Waals surface area contributed by atoms with Gasteiger partial charge in [-0.1, -0.05) is 18.6 Å². The van der Waals surface area contributed by atoms with Gasteiger partial charge in [0.15, 0.2) is 5.11 Å². The lowest BCUT2D eigenvalue weighted by Gasteiger charge is -2.24. The Kier molecular flexibility index (Phi) is 3.92. The van der Waals surface area contributed by atoms with E-state index in [4.69, 9.17) is 12.2 Å². The van der Waals surface area contributed by atoms with Crippen LogP contribution < -0.4 is 16.2 Å². The van der Waals surface area contributed by atoms with Gasteiger partial charge in [0.05, 0.1) is 4.92 Å². The van der Waals surface area contributed by atoms with Crippen molar-refractivity contribution >= 4 is 28.7 Å². The zero-order valence-electron chi connectivity index (χ0n) is 11.5. The Hall–Kier alpha value is -1.89. The second-order valence-electron chi connectivity index (χ2n) is 5.78. The van der Waals surface area contributed by atoms with Gasteiger partial charge in [-0.2, -0.15) is 0 Å². The van der Waals surface area contributed by atoms with Crippen LogP contribution >= 0.6 is 12.2 Å². The highest BCUT2D eigenvalue weighted by Gasteiger charge is 2.39. The van der Waals surface area contributed by atoms with E-state index in [0.29, 0.717) is 16.8 Å². The molecule has 2 aliphatic rings. The van der Waals surface area contributed by atoms with Gasteiger partial charge < -0.3 is 5.32 Å². The Labute approximate surface area is 128 Å². The Morgan fingerprint density at radius 3 is 2.76 bits per heavy atom. The monoisotopic (exact) mass is 306 g/mol. The van der Waals surface area contributed by atoms with Crippen LogP contribution in [0.2, 0.25) is 0 Å². The van der Waals surface area contributed by atoms with Crippen LogP contribution in [0.1, 0.15) is 25.7 Å². The summed E-state index contributed by atoms with van der Waals surface area (Å²) in [5, 5.41) is 14.7. The van der Waals surface area contributed by atoms with E-state index in [-0.39, 0.29) is 5.69 Å². The zero-order chi connectivity index (χ0) is 14.8. The first kappa shape index (κ1) is 14.1. The van der Waals surface area contributed by atoms with Crippen molar-refractivity contribution in [2.24, 2.45) is 11.8 Å². The molecule has 3 rings (SSSR count). The highest BCUT2D eigenvalue weighted by molar-refractivity contribution is 7.80. The molecule has 0 heterocycles. The first-order chi connectivity index (χ1) is 10.1. The van der Waals surface area contributed by atoms with Crippen molar-refractivity contribution in [3.05, 3.63) is 34.4 Å². The average molecular weight is 306 g/mol. The summed E-state index contributed by atoms with van der Waals surface area (Å²) in [6.45, 7) is 0. The number of hydrazine groups is 1. The number of hydrogen-bond acceptors (Lipinski definition) is 4. The molecule has 0 aromatic heterocycles. The Morgan fingerprint density at radius 1 is 1.29 bits per heavy atom. The van der Waals surface area contributed by atoms with E-state index in [0.717, 1.165) is 11.8 Å². The molecule has 0 amide bonds. The highest BCUT2D eigenvalue weighted by Crippen LogP contribution is 2.44. The van der Waals surface area contributed by atoms with E-state index in [1.165, 1.54) is 31.7 Å². The van der Waals surface area contributed by atoms with Gasteiger partial charge in [0, 0.05) is 12.1 Å². The average Bonchev–Trinajstić information content (AvgIpc) is 3.08. The van der Waals surface area contributed by atoms with Crippen molar-refractivity contribution in [3.8, 4) is 0 Å². The molecule has 0 spiro atoms. The molecule has 6 nitrogen and oxygen atoms in total. The summed E-state index contributed by atoms with van der Waals surface area (Å²) in [7, 11) is 0. The topological polar surface area (TPSA) is 79.2 Å². The number of thiocarbonyl (C=S) groups is 1. The van der Waals surface area contributed by atoms with Gasteiger partial charge in [0.25, 0.3) is 5.69 Å². The molecule has 0 aliphatic heterocycles. The molecule has 3 N–H and O–H groups in total. The van der Waals surface area contributed by atoms with E-state index in [2.05, 4.69) is 16.2 Å². The number of nitrogens with zero attached hydrogens (tertiary/aromatic N) is 1. The normalized spacial score (nSPS) is 26.4. The number of nitro groups is 1. The molecular weight excluding hydrogens is 288 g/mol. The lowest BCUT2D eigenvalue weighted by atomic mass is 9.96. The second kappa shape index (κ2) is 5.85. The number of para-hydroxylation sites is 2. The van der Waals surface area contributed by atoms with E-state index in [9.17, 15) is 10.1 Å². The molecule has 1 aromatic carbocycles. The summed E-state index contributed by atoms with van der Waals surface area (Å²) in [5.74, 6) is 1.57. The predicted octanol–water partition coefficient (Wildman–Crippen LogP) is 2.57. The predicted molar refractivity (Wildman–Crippen MR) is 84.8 cm³/mol. The third-order valence-electron chi connectivity index (χ3n) is 4.47. The van der Waals surface area contributed by atoms with Gasteiger partial charge in [-0.05, 0) is 49.4 Å². The summed E-state index contributed by atoms with van der Waals surface area (Å²) in [5.41, 5.74) is 6.09. The fraction of sp³-hybridized carbons (Fsp3) is 0.500. The molecule has 0 saturated heterocycles. The van der Waals surface area contributed by atoms with Gasteiger partial charge in [-0.3, -0.25) is 21.0 Å². The maximum absolute atomic E-state index is 10.9. The minimum Gasteiger partial charge on any atom is -0.358 e. The van der Waals surface area contributed by atoms with Crippen LogP contribution in [0, 0.1) is 22.0 Å². The zero-order valence-corrected chi connectivity index (χ0v) is 12.4. The van der Waals surface area contributed by atoms with E-state index < -0.39 is 4.92 Å². The first-order valence-electron chi connectivity index (χ1n) is 7.19. The number of fused-ring (bicyclic) bond motifs is 2. The molecule has 0 radical (unpaired) electrons. The van der Waals surface area contributed by atoms with Crippen LogP contribution in [0.4, 0.5) is 11.4 Å². The molecule has 3 atom stereocenters. The molecule has 112 valence electrons. The second-order valence-corrected chi connectivity index (χ2v) is 6.19. The van der Waals surface area contributed by atoms with Crippen LogP contribution in [0.25, 0.3) is 0 Å². The SMILES string of the molecule is O=[N+]([O-])c1ccccc1NNC(=S)N[C@@H]1C[C@H]2CC[C@@H]1C2. The number of anilines is 1. The molecule has 21 heavy (non-hydrogen) atoms. The molecule has 7 heteroatoms. The maximum atomic E-state index is 10.9. The van der Waals surface area contributed by atoms with E-state index in [1.807, 2.05) is 0 Å². The van der Waals surface area contributed by atoms with E-state index in [1.54, 1.807) is 18.2 Å². The number of nitro benzene ring substituents is 1. The molecule has 1 aromatic rings. The molecule has 0 unspecified atom stereocenters. The van der Waals surface area contributed by atoms with Gasteiger partial charge in [-0.15, -0.1) is 0 Å². The fourth-order valence-electron chi connectivity index (χ4n) is 3.49. The van der Waals surface area contributed by atoms with Crippen molar-refractivity contribution < 1.29 is 4.92 Å². The van der Waals surface area contributed by atoms with Crippen molar-refractivity contribution in [1.29, 1.82) is 0 Å². The van der Waals surface area contributed by atoms with Crippen molar-refractivity contribution in [3.63, 3.8) is 0 Å². The number of rotatable bonds is 4. The minimum atomic E-state index is -0.420. The number of hydrogen-bond donors (Lipinski definition) is 3. The summed E-state index contributed by atoms with van der Waals surface area (Å²) in [6.07, 6.45) is 5.11. The molecular formula is C14H18N4O2S. The molecule has 2 fully saturated rings. The lowest BCUT2D eigenvalue weighted by Crippen LogP contribution is -2.46. The van der Waals surface area contributed by atoms with Crippen LogP contribution in [0.15, 0.2) is 24.3 Å². The highest BCUT2D eigenvalue weighted by atomic mass is 32.1. The first-order valence-corrected chi connectivity index (χ1v) is 7.60. The summed E-state index contributed by atoms with van der Waals surface area (Å²) in [6, 6.07) is 6.91. The third-order valence-corrected chi connectivity index (χ3v) is 4.69. The number of benzene rings is 1. The summed E-state index contributed by atoms with van der Waals surface area (Å²) < 4.78 is 0. The van der Waals surface area contributed by atoms with Gasteiger partial charge in [-0.25, -0.2) is 0 Å². The Bertz CT molecular complexity index is 566. The Balaban J connectivity index is 1.53. The third kappa shape index (κ3) is 3.07. The molecule has 2 aliphatic carbocycles. The van der Waals surface area contributed by atoms with Crippen LogP contribution in [-0.4, -0.2) is 16.1 Å². The molecule has 2 saturated carbocycles. The quantitative estimate of drug-likeness (QED) is 0.451. The smallest absolute Gasteiger partial charge is 0.294 e. The largest absolute Gasteiger partial charge is 0.358 e. The van der Waals surface area contributed by atoms with Crippen LogP contribution in [0.3, 0.4) is 0 Å². The van der Waals surface area contributed by atoms with Crippen LogP contribution in [0.5, 0.6) is 0 Å². The van der Waals surface area contributed by atoms with Gasteiger partial charge in [0.2, 0.25) is 0 Å². The summed E-state index contributed by atoms with van der Waals surface area (Å²) in [4.78, 5) is 10.5. The van der Waals surface area contributed by atoms with Gasteiger partial charge >= 0.3 is 0 Å². The van der Waals surface area contributed by atoms with Gasteiger partial charge in [0.1, 0.15) is 5.69 Å². The standard InChI is InChI=1S/C14H18N4O2S/c19-18(20)13-4-2-1-3-11(13)16-17-14(21)15-12-8-9-5-6-10(12)7-9/h1-4,9-10,12,16H,5-8H2,(H2,15,17,21)/t9-,10+,12+/m0/s1. The lowest BCUT2D eigenvalue weighted by molar-refractivity contribution is -0.384. The van der Waals surface area contributed by atoms with Crippen molar-refractivity contribution in [1.82, 2.24) is 10.7 Å². The van der Waals surface area contributed by atoms with Crippen LogP contribution in [-0.2, 0) is 0 Å². The van der Waals surface area contributed by atoms with E-state index >= 15 is 0 Å².